The molecule has 2 heterocycles. The minimum atomic E-state index is -0.410. The third kappa shape index (κ3) is 4.20. The molecule has 0 radical (unpaired) electrons. The molecule has 2 fully saturated rings. The largest absolute Gasteiger partial charge is 0.368 e. The normalized spacial score (nSPS) is 25.6. The molecule has 19 heavy (non-hydrogen) atoms. The zero-order valence-electron chi connectivity index (χ0n) is 11.6. The predicted octanol–water partition coefficient (Wildman–Crippen LogP) is 0.490. The van der Waals surface area contributed by atoms with E-state index in [-0.39, 0.29) is 18.4 Å². The smallest absolute Gasteiger partial charge is 0.237 e. The second-order valence-electron chi connectivity index (χ2n) is 5.84. The minimum absolute atomic E-state index is 0.0860. The van der Waals surface area contributed by atoms with Gasteiger partial charge in [-0.25, -0.2) is 0 Å². The summed E-state index contributed by atoms with van der Waals surface area (Å²) in [4.78, 5) is 24.8. The lowest BCUT2D eigenvalue weighted by Gasteiger charge is -2.32. The van der Waals surface area contributed by atoms with Gasteiger partial charge >= 0.3 is 0 Å². The Labute approximate surface area is 114 Å². The van der Waals surface area contributed by atoms with Crippen molar-refractivity contribution in [3.63, 3.8) is 0 Å². The molecule has 5 heteroatoms. The molecule has 108 valence electrons. The first-order valence-corrected chi connectivity index (χ1v) is 7.44. The second-order valence-corrected chi connectivity index (χ2v) is 5.84. The first-order valence-electron chi connectivity index (χ1n) is 7.44. The van der Waals surface area contributed by atoms with Crippen LogP contribution in [0.4, 0.5) is 0 Å². The Bertz CT molecular complexity index is 327. The Hall–Kier alpha value is -1.10. The van der Waals surface area contributed by atoms with Gasteiger partial charge in [0, 0.05) is 12.5 Å². The highest BCUT2D eigenvalue weighted by molar-refractivity contribution is 5.85. The predicted molar refractivity (Wildman–Crippen MR) is 73.3 cm³/mol. The average Bonchev–Trinajstić information content (AvgIpc) is 2.40. The molecular weight excluding hydrogens is 242 g/mol. The molecule has 2 aliphatic heterocycles. The lowest BCUT2D eigenvalue weighted by Crippen LogP contribution is -2.45. The third-order valence-electron chi connectivity index (χ3n) is 4.37. The van der Waals surface area contributed by atoms with E-state index in [2.05, 4.69) is 5.32 Å². The van der Waals surface area contributed by atoms with Crippen molar-refractivity contribution in [2.45, 2.75) is 38.5 Å². The van der Waals surface area contributed by atoms with Crippen LogP contribution in [0, 0.1) is 11.8 Å². The van der Waals surface area contributed by atoms with Gasteiger partial charge in [0.1, 0.15) is 0 Å². The van der Waals surface area contributed by atoms with Gasteiger partial charge in [-0.3, -0.25) is 9.59 Å². The van der Waals surface area contributed by atoms with E-state index in [0.29, 0.717) is 6.54 Å². The monoisotopic (exact) mass is 267 g/mol. The van der Waals surface area contributed by atoms with Crippen LogP contribution in [0.2, 0.25) is 0 Å². The molecule has 2 aliphatic rings. The number of hydrogen-bond donors (Lipinski definition) is 2. The number of hydrogen-bond acceptors (Lipinski definition) is 3. The van der Waals surface area contributed by atoms with Crippen molar-refractivity contribution in [3.05, 3.63) is 0 Å². The summed E-state index contributed by atoms with van der Waals surface area (Å²) >= 11 is 0. The lowest BCUT2D eigenvalue weighted by molar-refractivity contribution is -0.141. The molecule has 3 N–H and O–H groups in total. The molecule has 1 unspecified atom stereocenters. The highest BCUT2D eigenvalue weighted by Gasteiger charge is 2.29. The molecule has 0 saturated carbocycles. The molecule has 0 aliphatic carbocycles. The number of carbonyl (C=O) groups excluding carboxylic acids is 2. The van der Waals surface area contributed by atoms with E-state index in [1.54, 1.807) is 4.90 Å². The summed E-state index contributed by atoms with van der Waals surface area (Å²) in [5.74, 6) is 0.606. The number of amides is 2. The Kier molecular flexibility index (Phi) is 5.19. The van der Waals surface area contributed by atoms with Crippen molar-refractivity contribution < 1.29 is 9.59 Å². The van der Waals surface area contributed by atoms with Crippen LogP contribution in [0.3, 0.4) is 0 Å². The number of nitrogens with one attached hydrogen (secondary N) is 1. The van der Waals surface area contributed by atoms with Crippen molar-refractivity contribution in [2.24, 2.45) is 17.6 Å². The Morgan fingerprint density at radius 2 is 2.00 bits per heavy atom. The molecule has 2 amide bonds. The molecule has 1 atom stereocenters. The summed E-state index contributed by atoms with van der Waals surface area (Å²) < 4.78 is 0. The van der Waals surface area contributed by atoms with E-state index >= 15 is 0 Å². The van der Waals surface area contributed by atoms with Gasteiger partial charge in [0.2, 0.25) is 11.8 Å². The van der Waals surface area contributed by atoms with E-state index in [4.69, 9.17) is 5.73 Å². The first-order chi connectivity index (χ1) is 9.16. The lowest BCUT2D eigenvalue weighted by atomic mass is 9.86. The van der Waals surface area contributed by atoms with Gasteiger partial charge in [0.15, 0.2) is 0 Å². The third-order valence-corrected chi connectivity index (χ3v) is 4.37. The van der Waals surface area contributed by atoms with Gasteiger partial charge in [-0.15, -0.1) is 0 Å². The van der Waals surface area contributed by atoms with E-state index < -0.39 is 5.91 Å². The zero-order chi connectivity index (χ0) is 13.7. The fraction of sp³-hybridized carbons (Fsp3) is 0.857. The maximum absolute atomic E-state index is 12.2. The number of carbonyl (C=O) groups is 2. The molecule has 2 saturated heterocycles. The summed E-state index contributed by atoms with van der Waals surface area (Å²) in [6, 6.07) is 0. The fourth-order valence-electron chi connectivity index (χ4n) is 3.24. The molecule has 0 aromatic heterocycles. The van der Waals surface area contributed by atoms with Crippen LogP contribution in [0.5, 0.6) is 0 Å². The van der Waals surface area contributed by atoms with Crippen LogP contribution in [0.15, 0.2) is 0 Å². The van der Waals surface area contributed by atoms with E-state index in [1.165, 1.54) is 12.8 Å². The van der Waals surface area contributed by atoms with Crippen molar-refractivity contribution in [3.8, 4) is 0 Å². The summed E-state index contributed by atoms with van der Waals surface area (Å²) in [6.07, 6.45) is 6.54. The highest BCUT2D eigenvalue weighted by atomic mass is 16.2. The number of nitrogens with two attached hydrogens (primary N) is 1. The summed E-state index contributed by atoms with van der Waals surface area (Å²) in [5, 5.41) is 3.36. The zero-order valence-corrected chi connectivity index (χ0v) is 11.6. The first kappa shape index (κ1) is 14.3. The van der Waals surface area contributed by atoms with Gasteiger partial charge in [-0.2, -0.15) is 0 Å². The van der Waals surface area contributed by atoms with Crippen molar-refractivity contribution in [2.75, 3.05) is 26.2 Å². The Morgan fingerprint density at radius 3 is 2.68 bits per heavy atom. The van der Waals surface area contributed by atoms with Crippen LogP contribution in [-0.2, 0) is 9.59 Å². The van der Waals surface area contributed by atoms with Crippen LogP contribution < -0.4 is 11.1 Å². The van der Waals surface area contributed by atoms with E-state index in [9.17, 15) is 9.59 Å². The average molecular weight is 267 g/mol. The second kappa shape index (κ2) is 6.89. The Balaban J connectivity index is 1.78. The minimum Gasteiger partial charge on any atom is -0.368 e. The molecule has 0 aromatic carbocycles. The number of piperidine rings is 2. The van der Waals surface area contributed by atoms with Gasteiger partial charge < -0.3 is 16.0 Å². The van der Waals surface area contributed by atoms with Gasteiger partial charge in [0.25, 0.3) is 0 Å². The van der Waals surface area contributed by atoms with Crippen LogP contribution in [0.25, 0.3) is 0 Å². The van der Waals surface area contributed by atoms with Gasteiger partial charge in [-0.05, 0) is 57.5 Å². The van der Waals surface area contributed by atoms with Crippen molar-refractivity contribution in [1.82, 2.24) is 10.2 Å². The molecular formula is C14H25N3O2. The highest BCUT2D eigenvalue weighted by Crippen LogP contribution is 2.26. The molecule has 0 bridgehead atoms. The number of primary amides is 1. The quantitative estimate of drug-likeness (QED) is 0.761. The van der Waals surface area contributed by atoms with Crippen molar-refractivity contribution >= 4 is 11.8 Å². The van der Waals surface area contributed by atoms with Crippen LogP contribution in [0.1, 0.15) is 38.5 Å². The maximum Gasteiger partial charge on any atom is 0.237 e. The fourth-order valence-corrected chi connectivity index (χ4v) is 3.24. The topological polar surface area (TPSA) is 75.4 Å². The summed E-state index contributed by atoms with van der Waals surface area (Å²) in [5.41, 5.74) is 5.18. The standard InChI is InChI=1S/C14H25N3O2/c15-13(18)10-17-9-1-2-12(14(17)19)4-3-11-5-7-16-8-6-11/h11-12,16H,1-10H2,(H2,15,18). The molecule has 0 spiro atoms. The molecule has 0 aromatic rings. The molecule has 5 nitrogen and oxygen atoms in total. The van der Waals surface area contributed by atoms with Crippen LogP contribution in [-0.4, -0.2) is 42.9 Å². The number of likely N-dealkylation sites (tertiary alicyclic amines) is 1. The van der Waals surface area contributed by atoms with Gasteiger partial charge in [0.05, 0.1) is 6.54 Å². The summed E-state index contributed by atoms with van der Waals surface area (Å²) in [7, 11) is 0. The van der Waals surface area contributed by atoms with Gasteiger partial charge in [-0.1, -0.05) is 0 Å². The van der Waals surface area contributed by atoms with Crippen molar-refractivity contribution in [1.29, 1.82) is 0 Å². The molecule has 2 rings (SSSR count). The summed E-state index contributed by atoms with van der Waals surface area (Å²) in [6.45, 7) is 2.99. The number of rotatable bonds is 5. The SMILES string of the molecule is NC(=O)CN1CCCC(CCC2CCNCC2)C1=O. The van der Waals surface area contributed by atoms with E-state index in [0.717, 1.165) is 44.7 Å². The van der Waals surface area contributed by atoms with E-state index in [1.807, 2.05) is 0 Å². The Morgan fingerprint density at radius 1 is 1.26 bits per heavy atom. The number of nitrogens with zero attached hydrogens (tertiary/aromatic N) is 1. The maximum atomic E-state index is 12.2. The van der Waals surface area contributed by atoms with Crippen LogP contribution >= 0.6 is 0 Å².